The maximum absolute atomic E-state index is 10.3. The second-order valence-electron chi connectivity index (χ2n) is 6.76. The molecule has 2 aromatic rings. The third-order valence-electron chi connectivity index (χ3n) is 4.73. The van der Waals surface area contributed by atoms with E-state index in [1.807, 2.05) is 6.07 Å². The van der Waals surface area contributed by atoms with Gasteiger partial charge in [-0.1, -0.05) is 61.5 Å². The second kappa shape index (κ2) is 8.43. The Morgan fingerprint density at radius 3 is 2.50 bits per heavy atom. The molecule has 2 atom stereocenters. The number of fused-ring (bicyclic) bond motifs is 1. The molecule has 3 rings (SSSR count). The van der Waals surface area contributed by atoms with E-state index in [4.69, 9.17) is 4.74 Å². The normalized spacial score (nSPS) is 17.2. The zero-order chi connectivity index (χ0) is 16.8. The van der Waals surface area contributed by atoms with E-state index in [1.54, 1.807) is 0 Å². The second-order valence-corrected chi connectivity index (χ2v) is 6.76. The van der Waals surface area contributed by atoms with E-state index in [2.05, 4.69) is 60.4 Å². The Bertz CT molecular complexity index is 629. The number of hydrogen-bond acceptors (Lipinski definition) is 3. The van der Waals surface area contributed by atoms with E-state index in [-0.39, 0.29) is 0 Å². The van der Waals surface area contributed by atoms with Crippen LogP contribution in [0.3, 0.4) is 0 Å². The molecular weight excluding hydrogens is 298 g/mol. The van der Waals surface area contributed by atoms with Crippen molar-refractivity contribution in [1.29, 1.82) is 0 Å². The minimum absolute atomic E-state index is 0.347. The summed E-state index contributed by atoms with van der Waals surface area (Å²) >= 11 is 0. The standard InChI is InChI=1S/C21H27NO2/c1-17(18-7-3-2-4-8-18)15-24-16-21(23)14-22-12-11-19-9-5-6-10-20(19)13-22/h2-10,17,21,23H,11-16H2,1H3. The van der Waals surface area contributed by atoms with Crippen LogP contribution in [0, 0.1) is 0 Å². The molecule has 0 radical (unpaired) electrons. The summed E-state index contributed by atoms with van der Waals surface area (Å²) in [7, 11) is 0. The van der Waals surface area contributed by atoms with Crippen molar-refractivity contribution in [2.45, 2.75) is 31.9 Å². The minimum atomic E-state index is -0.432. The first kappa shape index (κ1) is 17.2. The molecule has 0 fully saturated rings. The molecule has 2 aromatic carbocycles. The zero-order valence-electron chi connectivity index (χ0n) is 14.4. The van der Waals surface area contributed by atoms with Crippen LogP contribution in [0.25, 0.3) is 0 Å². The van der Waals surface area contributed by atoms with Crippen molar-refractivity contribution in [1.82, 2.24) is 4.90 Å². The van der Waals surface area contributed by atoms with Crippen molar-refractivity contribution >= 4 is 0 Å². The molecule has 0 aliphatic carbocycles. The van der Waals surface area contributed by atoms with E-state index in [1.165, 1.54) is 16.7 Å². The van der Waals surface area contributed by atoms with Gasteiger partial charge in [0.25, 0.3) is 0 Å². The summed E-state index contributed by atoms with van der Waals surface area (Å²) in [5.74, 6) is 0.347. The molecule has 2 unspecified atom stereocenters. The van der Waals surface area contributed by atoms with Crippen molar-refractivity contribution in [2.24, 2.45) is 0 Å². The van der Waals surface area contributed by atoms with Gasteiger partial charge in [0.2, 0.25) is 0 Å². The van der Waals surface area contributed by atoms with E-state index in [0.717, 1.165) is 19.5 Å². The summed E-state index contributed by atoms with van der Waals surface area (Å²) < 4.78 is 5.75. The maximum Gasteiger partial charge on any atom is 0.0900 e. The summed E-state index contributed by atoms with van der Waals surface area (Å²) in [5, 5.41) is 10.3. The fourth-order valence-corrected chi connectivity index (χ4v) is 3.32. The van der Waals surface area contributed by atoms with Crippen molar-refractivity contribution in [3.05, 3.63) is 71.3 Å². The van der Waals surface area contributed by atoms with Crippen molar-refractivity contribution in [3.8, 4) is 0 Å². The number of β-amino-alcohol motifs (C(OH)–C–C–N with tert-alkyl or cyclic N) is 1. The molecule has 0 amide bonds. The first-order chi connectivity index (χ1) is 11.7. The summed E-state index contributed by atoms with van der Waals surface area (Å²) in [6, 6.07) is 19.0. The summed E-state index contributed by atoms with van der Waals surface area (Å²) in [6.07, 6.45) is 0.632. The van der Waals surface area contributed by atoms with Gasteiger partial charge in [0.1, 0.15) is 0 Å². The van der Waals surface area contributed by atoms with Gasteiger partial charge in [0, 0.05) is 25.6 Å². The van der Waals surface area contributed by atoms with Crippen LogP contribution >= 0.6 is 0 Å². The van der Waals surface area contributed by atoms with Crippen LogP contribution in [-0.4, -0.2) is 42.4 Å². The molecule has 24 heavy (non-hydrogen) atoms. The lowest BCUT2D eigenvalue weighted by Crippen LogP contribution is -2.38. The molecular formula is C21H27NO2. The molecule has 3 nitrogen and oxygen atoms in total. The number of aliphatic hydroxyl groups excluding tert-OH is 1. The van der Waals surface area contributed by atoms with Crippen LogP contribution in [0.15, 0.2) is 54.6 Å². The molecule has 1 N–H and O–H groups in total. The van der Waals surface area contributed by atoms with Crippen LogP contribution in [0.1, 0.15) is 29.5 Å². The van der Waals surface area contributed by atoms with Gasteiger partial charge in [-0.15, -0.1) is 0 Å². The Morgan fingerprint density at radius 2 is 1.71 bits per heavy atom. The highest BCUT2D eigenvalue weighted by atomic mass is 16.5. The molecule has 128 valence electrons. The zero-order valence-corrected chi connectivity index (χ0v) is 14.4. The molecule has 0 saturated carbocycles. The lowest BCUT2D eigenvalue weighted by atomic mass is 10.00. The topological polar surface area (TPSA) is 32.7 Å². The molecule has 0 spiro atoms. The summed E-state index contributed by atoms with van der Waals surface area (Å²) in [5.41, 5.74) is 4.10. The van der Waals surface area contributed by atoms with Crippen molar-refractivity contribution in [2.75, 3.05) is 26.3 Å². The molecule has 0 bridgehead atoms. The lowest BCUT2D eigenvalue weighted by Gasteiger charge is -2.30. The number of hydrogen-bond donors (Lipinski definition) is 1. The van der Waals surface area contributed by atoms with Crippen LogP contribution in [-0.2, 0) is 17.7 Å². The third kappa shape index (κ3) is 4.67. The highest BCUT2D eigenvalue weighted by Gasteiger charge is 2.18. The van der Waals surface area contributed by atoms with Gasteiger partial charge in [-0.05, 0) is 23.1 Å². The number of rotatable bonds is 7. The maximum atomic E-state index is 10.3. The van der Waals surface area contributed by atoms with Gasteiger partial charge in [-0.25, -0.2) is 0 Å². The first-order valence-corrected chi connectivity index (χ1v) is 8.82. The van der Waals surface area contributed by atoms with E-state index in [0.29, 0.717) is 25.7 Å². The van der Waals surface area contributed by atoms with Gasteiger partial charge < -0.3 is 9.84 Å². The number of aliphatic hydroxyl groups is 1. The SMILES string of the molecule is CC(COCC(O)CN1CCc2ccccc2C1)c1ccccc1. The van der Waals surface area contributed by atoms with Gasteiger partial charge in [-0.3, -0.25) is 4.90 Å². The lowest BCUT2D eigenvalue weighted by molar-refractivity contribution is 0.0108. The summed E-state index contributed by atoms with van der Waals surface area (Å²) in [4.78, 5) is 2.32. The Morgan fingerprint density at radius 1 is 1.00 bits per heavy atom. The van der Waals surface area contributed by atoms with Crippen LogP contribution in [0.4, 0.5) is 0 Å². The number of nitrogens with zero attached hydrogens (tertiary/aromatic N) is 1. The molecule has 3 heteroatoms. The Labute approximate surface area is 144 Å². The predicted octanol–water partition coefficient (Wildman–Crippen LogP) is 3.23. The van der Waals surface area contributed by atoms with E-state index < -0.39 is 6.10 Å². The molecule has 0 saturated heterocycles. The first-order valence-electron chi connectivity index (χ1n) is 8.82. The van der Waals surface area contributed by atoms with E-state index >= 15 is 0 Å². The Kier molecular flexibility index (Phi) is 6.02. The smallest absolute Gasteiger partial charge is 0.0900 e. The minimum Gasteiger partial charge on any atom is -0.389 e. The third-order valence-corrected chi connectivity index (χ3v) is 4.73. The van der Waals surface area contributed by atoms with Crippen molar-refractivity contribution < 1.29 is 9.84 Å². The average molecular weight is 325 g/mol. The van der Waals surface area contributed by atoms with Gasteiger partial charge in [0.05, 0.1) is 19.3 Å². The van der Waals surface area contributed by atoms with Crippen LogP contribution < -0.4 is 0 Å². The molecule has 1 heterocycles. The Balaban J connectivity index is 1.40. The van der Waals surface area contributed by atoms with Gasteiger partial charge in [0.15, 0.2) is 0 Å². The quantitative estimate of drug-likeness (QED) is 0.848. The fraction of sp³-hybridized carbons (Fsp3) is 0.429. The average Bonchev–Trinajstić information content (AvgIpc) is 2.62. The predicted molar refractivity (Wildman–Crippen MR) is 97.1 cm³/mol. The highest BCUT2D eigenvalue weighted by molar-refractivity contribution is 5.29. The molecule has 0 aromatic heterocycles. The molecule has 1 aliphatic rings. The van der Waals surface area contributed by atoms with Crippen LogP contribution in [0.5, 0.6) is 0 Å². The molecule has 1 aliphatic heterocycles. The number of ether oxygens (including phenoxy) is 1. The van der Waals surface area contributed by atoms with Crippen molar-refractivity contribution in [3.63, 3.8) is 0 Å². The van der Waals surface area contributed by atoms with Crippen LogP contribution in [0.2, 0.25) is 0 Å². The summed E-state index contributed by atoms with van der Waals surface area (Å²) in [6.45, 7) is 5.80. The van der Waals surface area contributed by atoms with Gasteiger partial charge >= 0.3 is 0 Å². The fourth-order valence-electron chi connectivity index (χ4n) is 3.32. The number of benzene rings is 2. The largest absolute Gasteiger partial charge is 0.389 e. The van der Waals surface area contributed by atoms with Gasteiger partial charge in [-0.2, -0.15) is 0 Å². The highest BCUT2D eigenvalue weighted by Crippen LogP contribution is 2.19. The Hall–Kier alpha value is -1.68. The monoisotopic (exact) mass is 325 g/mol. The van der Waals surface area contributed by atoms with E-state index in [9.17, 15) is 5.11 Å².